The molecule has 150 valence electrons. The lowest BCUT2D eigenvalue weighted by atomic mass is 9.98. The molecule has 0 aromatic heterocycles. The monoisotopic (exact) mass is 383 g/mol. The third-order valence-corrected chi connectivity index (χ3v) is 4.54. The molecule has 2 rings (SSSR count). The maximum Gasteiger partial charge on any atom is 0.227 e. The third kappa shape index (κ3) is 5.57. The fraction of sp³-hybridized carbons (Fsp3) is 0.364. The van der Waals surface area contributed by atoms with E-state index >= 15 is 0 Å². The van der Waals surface area contributed by atoms with Crippen LogP contribution in [0.2, 0.25) is 0 Å². The molecular formula is C22H29N3O3. The van der Waals surface area contributed by atoms with E-state index in [-0.39, 0.29) is 12.3 Å². The van der Waals surface area contributed by atoms with Crippen LogP contribution in [0.1, 0.15) is 44.7 Å². The van der Waals surface area contributed by atoms with Crippen LogP contribution in [0.15, 0.2) is 47.5 Å². The van der Waals surface area contributed by atoms with Gasteiger partial charge in [0.25, 0.3) is 0 Å². The number of amides is 1. The number of rotatable bonds is 8. The van der Waals surface area contributed by atoms with E-state index in [9.17, 15) is 9.90 Å². The van der Waals surface area contributed by atoms with E-state index in [1.165, 1.54) is 0 Å². The number of ether oxygens (including phenoxy) is 1. The highest BCUT2D eigenvalue weighted by atomic mass is 16.5. The highest BCUT2D eigenvalue weighted by Gasteiger charge is 2.22. The molecule has 0 heterocycles. The summed E-state index contributed by atoms with van der Waals surface area (Å²) >= 11 is 0. The van der Waals surface area contributed by atoms with E-state index in [1.54, 1.807) is 32.2 Å². The second kappa shape index (κ2) is 9.37. The van der Waals surface area contributed by atoms with Crippen LogP contribution in [0.4, 0.5) is 11.4 Å². The average Bonchev–Trinajstić information content (AvgIpc) is 2.65. The lowest BCUT2D eigenvalue weighted by Crippen LogP contribution is -2.29. The minimum Gasteiger partial charge on any atom is -0.494 e. The van der Waals surface area contributed by atoms with E-state index in [0.717, 1.165) is 16.9 Å². The van der Waals surface area contributed by atoms with E-state index in [4.69, 9.17) is 10.5 Å². The summed E-state index contributed by atoms with van der Waals surface area (Å²) in [6.07, 6.45) is 0.518. The standard InChI is InChI=1S/C22H29N3O3/c1-5-22(3,27)14-20(26)25-16-10-11-19(23)18(13-16)21(24-4)15-8-7-9-17(12-15)28-6-2/h7-13,27H,5-6,14,23H2,1-4H3,(H,25,26). The summed E-state index contributed by atoms with van der Waals surface area (Å²) < 4.78 is 5.57. The molecule has 28 heavy (non-hydrogen) atoms. The number of aliphatic hydroxyl groups is 1. The Kier molecular flexibility index (Phi) is 7.18. The molecule has 0 spiro atoms. The Morgan fingerprint density at radius 3 is 2.64 bits per heavy atom. The second-order valence-electron chi connectivity index (χ2n) is 6.91. The van der Waals surface area contributed by atoms with E-state index in [0.29, 0.717) is 30.1 Å². The first-order chi connectivity index (χ1) is 13.3. The molecule has 2 aromatic rings. The molecule has 6 heteroatoms. The zero-order valence-corrected chi connectivity index (χ0v) is 17.0. The van der Waals surface area contributed by atoms with Crippen LogP contribution in [0.25, 0.3) is 0 Å². The van der Waals surface area contributed by atoms with Crippen molar-refractivity contribution in [3.8, 4) is 5.75 Å². The van der Waals surface area contributed by atoms with Crippen LogP contribution in [0.5, 0.6) is 5.75 Å². The van der Waals surface area contributed by atoms with E-state index < -0.39 is 5.60 Å². The summed E-state index contributed by atoms with van der Waals surface area (Å²) in [6.45, 7) is 6.00. The lowest BCUT2D eigenvalue weighted by molar-refractivity contribution is -0.120. The summed E-state index contributed by atoms with van der Waals surface area (Å²) in [5.74, 6) is 0.502. The van der Waals surface area contributed by atoms with Crippen molar-refractivity contribution >= 4 is 23.0 Å². The van der Waals surface area contributed by atoms with E-state index in [1.807, 2.05) is 38.1 Å². The molecule has 6 nitrogen and oxygen atoms in total. The zero-order chi connectivity index (χ0) is 20.7. The van der Waals surface area contributed by atoms with Gasteiger partial charge < -0.3 is 20.9 Å². The second-order valence-corrected chi connectivity index (χ2v) is 6.91. The molecule has 0 radical (unpaired) electrons. The minimum atomic E-state index is -1.03. The summed E-state index contributed by atoms with van der Waals surface area (Å²) in [5, 5.41) is 12.9. The Morgan fingerprint density at radius 1 is 1.25 bits per heavy atom. The first-order valence-corrected chi connectivity index (χ1v) is 9.41. The predicted molar refractivity (Wildman–Crippen MR) is 114 cm³/mol. The number of hydrogen-bond acceptors (Lipinski definition) is 5. The summed E-state index contributed by atoms with van der Waals surface area (Å²) in [6, 6.07) is 12.9. The van der Waals surface area contributed by atoms with Gasteiger partial charge in [0.05, 0.1) is 24.3 Å². The Hall–Kier alpha value is -2.86. The van der Waals surface area contributed by atoms with Gasteiger partial charge in [0.15, 0.2) is 0 Å². The van der Waals surface area contributed by atoms with Crippen molar-refractivity contribution in [2.45, 2.75) is 39.2 Å². The topological polar surface area (TPSA) is 96.9 Å². The number of nitrogens with one attached hydrogen (secondary N) is 1. The third-order valence-electron chi connectivity index (χ3n) is 4.54. The quantitative estimate of drug-likeness (QED) is 0.479. The number of carbonyl (C=O) groups excluding carboxylic acids is 1. The van der Waals surface area contributed by atoms with Crippen LogP contribution in [-0.2, 0) is 4.79 Å². The van der Waals surface area contributed by atoms with Crippen LogP contribution in [-0.4, -0.2) is 36.0 Å². The van der Waals surface area contributed by atoms with Gasteiger partial charge in [-0.15, -0.1) is 0 Å². The fourth-order valence-corrected chi connectivity index (χ4v) is 2.82. The number of nitrogens with two attached hydrogens (primary N) is 1. The smallest absolute Gasteiger partial charge is 0.227 e. The predicted octanol–water partition coefficient (Wildman–Crippen LogP) is 3.62. The molecule has 0 aliphatic heterocycles. The van der Waals surface area contributed by atoms with Crippen molar-refractivity contribution in [3.05, 3.63) is 53.6 Å². The number of nitrogen functional groups attached to an aromatic ring is 1. The zero-order valence-electron chi connectivity index (χ0n) is 17.0. The molecule has 0 saturated heterocycles. The number of nitrogens with zero attached hydrogens (tertiary/aromatic N) is 1. The van der Waals surface area contributed by atoms with Gasteiger partial charge in [0, 0.05) is 29.5 Å². The summed E-state index contributed by atoms with van der Waals surface area (Å²) in [7, 11) is 1.70. The Labute approximate surface area is 166 Å². The van der Waals surface area contributed by atoms with Crippen molar-refractivity contribution in [1.29, 1.82) is 0 Å². The van der Waals surface area contributed by atoms with Crippen molar-refractivity contribution in [2.75, 3.05) is 24.7 Å². The van der Waals surface area contributed by atoms with Gasteiger partial charge in [0.2, 0.25) is 5.91 Å². The first kappa shape index (κ1) is 21.4. The number of benzene rings is 2. The Balaban J connectivity index is 2.31. The molecule has 1 amide bonds. The van der Waals surface area contributed by atoms with Crippen LogP contribution in [0.3, 0.4) is 0 Å². The molecule has 0 aliphatic rings. The number of hydrogen-bond donors (Lipinski definition) is 3. The molecule has 4 N–H and O–H groups in total. The van der Waals surface area contributed by atoms with Crippen molar-refractivity contribution < 1.29 is 14.6 Å². The number of anilines is 2. The molecule has 0 bridgehead atoms. The fourth-order valence-electron chi connectivity index (χ4n) is 2.82. The molecule has 0 saturated carbocycles. The molecule has 0 aliphatic carbocycles. The van der Waals surface area contributed by atoms with Crippen LogP contribution < -0.4 is 15.8 Å². The molecule has 0 fully saturated rings. The normalized spacial score (nSPS) is 13.7. The molecular weight excluding hydrogens is 354 g/mol. The largest absolute Gasteiger partial charge is 0.494 e. The van der Waals surface area contributed by atoms with Gasteiger partial charge in [-0.2, -0.15) is 0 Å². The average molecular weight is 383 g/mol. The van der Waals surface area contributed by atoms with Gasteiger partial charge in [-0.1, -0.05) is 19.1 Å². The molecule has 2 aromatic carbocycles. The van der Waals surface area contributed by atoms with Crippen LogP contribution >= 0.6 is 0 Å². The highest BCUT2D eigenvalue weighted by Crippen LogP contribution is 2.24. The highest BCUT2D eigenvalue weighted by molar-refractivity contribution is 6.16. The van der Waals surface area contributed by atoms with Gasteiger partial charge >= 0.3 is 0 Å². The maximum absolute atomic E-state index is 12.3. The first-order valence-electron chi connectivity index (χ1n) is 9.41. The minimum absolute atomic E-state index is 0.0222. The molecule has 1 atom stereocenters. The van der Waals surface area contributed by atoms with E-state index in [2.05, 4.69) is 10.3 Å². The van der Waals surface area contributed by atoms with Gasteiger partial charge in [-0.05, 0) is 50.6 Å². The van der Waals surface area contributed by atoms with Gasteiger partial charge in [-0.25, -0.2) is 0 Å². The summed E-state index contributed by atoms with van der Waals surface area (Å²) in [5.41, 5.74) is 8.61. The van der Waals surface area contributed by atoms with Crippen molar-refractivity contribution in [2.24, 2.45) is 4.99 Å². The Morgan fingerprint density at radius 2 is 2.00 bits per heavy atom. The van der Waals surface area contributed by atoms with Gasteiger partial charge in [0.1, 0.15) is 5.75 Å². The summed E-state index contributed by atoms with van der Waals surface area (Å²) in [4.78, 5) is 16.7. The van der Waals surface area contributed by atoms with Crippen molar-refractivity contribution in [3.63, 3.8) is 0 Å². The SMILES string of the molecule is CCOc1cccc(C(=NC)c2cc(NC(=O)CC(C)(O)CC)ccc2N)c1. The van der Waals surface area contributed by atoms with Crippen LogP contribution in [0, 0.1) is 0 Å². The molecule has 1 unspecified atom stereocenters. The maximum atomic E-state index is 12.3. The Bertz CT molecular complexity index is 860. The van der Waals surface area contributed by atoms with Crippen molar-refractivity contribution in [1.82, 2.24) is 0 Å². The lowest BCUT2D eigenvalue weighted by Gasteiger charge is -2.20. The van der Waals surface area contributed by atoms with Gasteiger partial charge in [-0.3, -0.25) is 9.79 Å². The number of carbonyl (C=O) groups is 1. The number of aliphatic imine (C=N–C) groups is 1.